The Morgan fingerprint density at radius 3 is 2.24 bits per heavy atom. The van der Waals surface area contributed by atoms with Crippen LogP contribution < -0.4 is 5.43 Å². The Morgan fingerprint density at radius 1 is 0.939 bits per heavy atom. The van der Waals surface area contributed by atoms with Crippen LogP contribution in [0.2, 0.25) is 5.02 Å². The highest BCUT2D eigenvalue weighted by Gasteiger charge is 2.30. The highest BCUT2D eigenvalue weighted by atomic mass is 35.5. The van der Waals surface area contributed by atoms with E-state index in [1.807, 2.05) is 12.1 Å². The molecule has 4 nitrogen and oxygen atoms in total. The number of aliphatic hydroxyl groups is 1. The number of aromatic hydroxyl groups is 1. The van der Waals surface area contributed by atoms with Gasteiger partial charge in [-0.2, -0.15) is 0 Å². The maximum Gasteiger partial charge on any atom is 0.227 e. The van der Waals surface area contributed by atoms with Crippen molar-refractivity contribution in [3.8, 4) is 16.9 Å². The van der Waals surface area contributed by atoms with E-state index in [2.05, 4.69) is 52.0 Å². The molecule has 1 atom stereocenters. The smallest absolute Gasteiger partial charge is 0.227 e. The summed E-state index contributed by atoms with van der Waals surface area (Å²) in [5.41, 5.74) is 6.73. The lowest BCUT2D eigenvalue weighted by Gasteiger charge is -2.20. The van der Waals surface area contributed by atoms with Gasteiger partial charge in [0, 0.05) is 11.1 Å². The molecule has 0 radical (unpaired) electrons. The summed E-state index contributed by atoms with van der Waals surface area (Å²) in [5.74, 6) is -0.450. The van der Waals surface area contributed by atoms with E-state index in [-0.39, 0.29) is 11.5 Å². The Balaban J connectivity index is 2.06. The molecule has 5 heteroatoms. The lowest BCUT2D eigenvalue weighted by molar-refractivity contribution is 0.235. The fourth-order valence-electron chi connectivity index (χ4n) is 4.42. The number of halogens is 1. The molecule has 1 unspecified atom stereocenters. The Bertz CT molecular complexity index is 1340. The predicted octanol–water partition coefficient (Wildman–Crippen LogP) is 6.52. The average Bonchev–Trinajstić information content (AvgIpc) is 2.98. The second kappa shape index (κ2) is 9.05. The van der Waals surface area contributed by atoms with Crippen LogP contribution >= 0.6 is 11.6 Å². The number of aliphatic hydroxyl groups excluding tert-OH is 1. The Morgan fingerprint density at radius 2 is 1.61 bits per heavy atom. The number of rotatable bonds is 5. The minimum atomic E-state index is -0.587. The first kappa shape index (κ1) is 23.1. The van der Waals surface area contributed by atoms with Crippen molar-refractivity contribution in [2.45, 2.75) is 46.1 Å². The van der Waals surface area contributed by atoms with Gasteiger partial charge in [-0.1, -0.05) is 61.8 Å². The third kappa shape index (κ3) is 4.29. The van der Waals surface area contributed by atoms with E-state index in [9.17, 15) is 15.0 Å². The normalized spacial score (nSPS) is 12.5. The standard InChI is InChI=1S/C28H27ClO4/c1-15(2)19-6-5-16(3)25-22(12-19)17(4)11-23(25)26(18-7-9-20(29)10-8-18)28-27(32)24(31)13-21(14-30)33-28/h5-13,15,26,30,32H,14H2,1-4H3. The van der Waals surface area contributed by atoms with Crippen LogP contribution in [-0.4, -0.2) is 10.2 Å². The van der Waals surface area contributed by atoms with Crippen molar-refractivity contribution in [3.05, 3.63) is 109 Å². The number of benzene rings is 1. The minimum absolute atomic E-state index is 0.101. The van der Waals surface area contributed by atoms with Gasteiger partial charge < -0.3 is 14.6 Å². The Labute approximate surface area is 198 Å². The van der Waals surface area contributed by atoms with E-state index in [0.29, 0.717) is 10.9 Å². The molecule has 1 aromatic heterocycles. The van der Waals surface area contributed by atoms with Gasteiger partial charge in [-0.3, -0.25) is 4.79 Å². The molecule has 2 aliphatic carbocycles. The van der Waals surface area contributed by atoms with Crippen molar-refractivity contribution in [3.63, 3.8) is 0 Å². The quantitative estimate of drug-likeness (QED) is 0.354. The van der Waals surface area contributed by atoms with E-state index in [4.69, 9.17) is 16.0 Å². The molecule has 0 spiro atoms. The van der Waals surface area contributed by atoms with Gasteiger partial charge in [-0.15, -0.1) is 0 Å². The third-order valence-electron chi connectivity index (χ3n) is 6.18. The minimum Gasteiger partial charge on any atom is -0.502 e. The zero-order valence-electron chi connectivity index (χ0n) is 19.1. The number of hydrogen-bond donors (Lipinski definition) is 2. The van der Waals surface area contributed by atoms with Gasteiger partial charge in [-0.05, 0) is 70.8 Å². The molecule has 2 N–H and O–H groups in total. The molecule has 1 heterocycles. The van der Waals surface area contributed by atoms with Gasteiger partial charge >= 0.3 is 0 Å². The lowest BCUT2D eigenvalue weighted by Crippen LogP contribution is -2.11. The molecule has 0 amide bonds. The van der Waals surface area contributed by atoms with Gasteiger partial charge in [0.1, 0.15) is 12.4 Å². The molecule has 170 valence electrons. The molecular weight excluding hydrogens is 436 g/mol. The van der Waals surface area contributed by atoms with Gasteiger partial charge in [-0.25, -0.2) is 0 Å². The Kier molecular flexibility index (Phi) is 6.33. The van der Waals surface area contributed by atoms with E-state index in [1.165, 1.54) is 5.56 Å². The van der Waals surface area contributed by atoms with Crippen molar-refractivity contribution in [1.82, 2.24) is 0 Å². The van der Waals surface area contributed by atoms with E-state index >= 15 is 0 Å². The SMILES string of the molecule is Cc1cc(C(c2ccc(Cl)cc2)c2oc(CO)cc(=O)c2O)c2c(C)ccc(C(C)C)cc1-2. The van der Waals surface area contributed by atoms with Crippen LogP contribution in [0.4, 0.5) is 0 Å². The number of hydrogen-bond acceptors (Lipinski definition) is 4. The second-order valence-corrected chi connectivity index (χ2v) is 9.26. The molecule has 0 bridgehead atoms. The first-order chi connectivity index (χ1) is 15.7. The molecule has 0 saturated heterocycles. The fraction of sp³-hybridized carbons (Fsp3) is 0.250. The summed E-state index contributed by atoms with van der Waals surface area (Å²) in [4.78, 5) is 12.5. The molecule has 2 aliphatic rings. The van der Waals surface area contributed by atoms with Crippen LogP contribution in [0.25, 0.3) is 11.1 Å². The highest BCUT2D eigenvalue weighted by molar-refractivity contribution is 6.30. The molecule has 0 saturated carbocycles. The first-order valence-corrected chi connectivity index (χ1v) is 11.3. The van der Waals surface area contributed by atoms with Gasteiger partial charge in [0.25, 0.3) is 0 Å². The number of fused-ring (bicyclic) bond motifs is 1. The maximum absolute atomic E-state index is 12.5. The van der Waals surface area contributed by atoms with Crippen LogP contribution in [-0.2, 0) is 6.61 Å². The summed E-state index contributed by atoms with van der Waals surface area (Å²) >= 11 is 6.15. The fourth-order valence-corrected chi connectivity index (χ4v) is 4.55. The molecule has 1 aromatic carbocycles. The van der Waals surface area contributed by atoms with Crippen LogP contribution in [0.3, 0.4) is 0 Å². The van der Waals surface area contributed by atoms with Crippen LogP contribution in [0.15, 0.2) is 63.8 Å². The monoisotopic (exact) mass is 462 g/mol. The van der Waals surface area contributed by atoms with Crippen LogP contribution in [0.1, 0.15) is 65.0 Å². The van der Waals surface area contributed by atoms with E-state index in [0.717, 1.165) is 39.4 Å². The summed E-state index contributed by atoms with van der Waals surface area (Å²) in [6.07, 6.45) is 0. The van der Waals surface area contributed by atoms with Crippen molar-refractivity contribution in [2.75, 3.05) is 0 Å². The summed E-state index contributed by atoms with van der Waals surface area (Å²) in [6, 6.07) is 17.0. The Hall–Kier alpha value is -3.08. The third-order valence-corrected chi connectivity index (χ3v) is 6.44. The van der Waals surface area contributed by atoms with Crippen molar-refractivity contribution in [1.29, 1.82) is 0 Å². The predicted molar refractivity (Wildman–Crippen MR) is 132 cm³/mol. The second-order valence-electron chi connectivity index (χ2n) is 8.82. The molecular formula is C28H27ClO4. The molecule has 0 fully saturated rings. The summed E-state index contributed by atoms with van der Waals surface area (Å²) < 4.78 is 5.89. The van der Waals surface area contributed by atoms with Crippen LogP contribution in [0.5, 0.6) is 5.75 Å². The van der Waals surface area contributed by atoms with Crippen molar-refractivity contribution < 1.29 is 14.6 Å². The maximum atomic E-state index is 12.5. The topological polar surface area (TPSA) is 70.7 Å². The number of aryl methyl sites for hydroxylation is 2. The van der Waals surface area contributed by atoms with Gasteiger partial charge in [0.05, 0.1) is 5.92 Å². The van der Waals surface area contributed by atoms with Crippen LogP contribution in [0, 0.1) is 13.8 Å². The van der Waals surface area contributed by atoms with Gasteiger partial charge in [0.2, 0.25) is 11.2 Å². The zero-order chi connectivity index (χ0) is 23.9. The largest absolute Gasteiger partial charge is 0.502 e. The first-order valence-electron chi connectivity index (χ1n) is 11.0. The zero-order valence-corrected chi connectivity index (χ0v) is 19.9. The summed E-state index contributed by atoms with van der Waals surface area (Å²) in [5, 5.41) is 21.0. The lowest BCUT2D eigenvalue weighted by atomic mass is 9.86. The molecule has 33 heavy (non-hydrogen) atoms. The molecule has 0 aliphatic heterocycles. The molecule has 4 rings (SSSR count). The summed E-state index contributed by atoms with van der Waals surface area (Å²) in [7, 11) is 0. The summed E-state index contributed by atoms with van der Waals surface area (Å²) in [6.45, 7) is 8.02. The van der Waals surface area contributed by atoms with Gasteiger partial charge in [0.15, 0.2) is 5.76 Å². The highest BCUT2D eigenvalue weighted by Crippen LogP contribution is 2.45. The van der Waals surface area contributed by atoms with Crippen molar-refractivity contribution in [2.24, 2.45) is 0 Å². The van der Waals surface area contributed by atoms with Crippen molar-refractivity contribution >= 4 is 11.6 Å². The van der Waals surface area contributed by atoms with E-state index < -0.39 is 23.7 Å². The molecule has 2 aromatic rings. The average molecular weight is 463 g/mol. The van der Waals surface area contributed by atoms with E-state index in [1.54, 1.807) is 12.1 Å².